The van der Waals surface area contributed by atoms with Crippen molar-refractivity contribution in [3.63, 3.8) is 0 Å². The van der Waals surface area contributed by atoms with Gasteiger partial charge in [-0.2, -0.15) is 0 Å². The monoisotopic (exact) mass is 878 g/mol. The molecule has 0 saturated carbocycles. The number of amides is 1. The summed E-state index contributed by atoms with van der Waals surface area (Å²) in [5.41, 5.74) is 0. The topological polar surface area (TPSA) is 69.6 Å². The molecule has 2 atom stereocenters. The minimum Gasteiger partial charge on any atom is -0.394 e. The summed E-state index contributed by atoms with van der Waals surface area (Å²) in [6.45, 7) is 4.20. The van der Waals surface area contributed by atoms with E-state index in [9.17, 15) is 15.0 Å². The molecule has 0 spiro atoms. The number of nitrogens with one attached hydrogen (secondary N) is 1. The quantitative estimate of drug-likeness (QED) is 0.0421. The molecule has 366 valence electrons. The van der Waals surface area contributed by atoms with Crippen LogP contribution in [-0.4, -0.2) is 34.9 Å². The Hall–Kier alpha value is -2.17. The van der Waals surface area contributed by atoms with Gasteiger partial charge in [0.2, 0.25) is 5.91 Å². The molecule has 0 aromatic carbocycles. The van der Waals surface area contributed by atoms with E-state index >= 15 is 0 Å². The SMILES string of the molecule is CC/C=C\C/C=C\C/C=C\C/C=C\C/C=C\CCCCCCCC(=O)NC(CO)C(O)/C=C/CCCCCCCCCCCCCCCCCCCCCCCCCCCCCC. The summed E-state index contributed by atoms with van der Waals surface area (Å²) >= 11 is 0. The van der Waals surface area contributed by atoms with Gasteiger partial charge in [-0.15, -0.1) is 0 Å². The van der Waals surface area contributed by atoms with E-state index < -0.39 is 12.1 Å². The molecule has 0 heterocycles. The lowest BCUT2D eigenvalue weighted by molar-refractivity contribution is -0.123. The molecular weight excluding hydrogens is 771 g/mol. The van der Waals surface area contributed by atoms with Crippen molar-refractivity contribution in [2.45, 2.75) is 289 Å². The van der Waals surface area contributed by atoms with Gasteiger partial charge in [0.25, 0.3) is 0 Å². The lowest BCUT2D eigenvalue weighted by atomic mass is 10.0. The molecule has 0 aromatic rings. The van der Waals surface area contributed by atoms with Gasteiger partial charge in [-0.05, 0) is 64.2 Å². The molecule has 0 radical (unpaired) electrons. The van der Waals surface area contributed by atoms with Gasteiger partial charge in [0.15, 0.2) is 0 Å². The van der Waals surface area contributed by atoms with Gasteiger partial charge in [-0.25, -0.2) is 0 Å². The average Bonchev–Trinajstić information content (AvgIpc) is 3.29. The molecule has 0 aliphatic rings. The predicted molar refractivity (Wildman–Crippen MR) is 281 cm³/mol. The molecule has 0 fully saturated rings. The van der Waals surface area contributed by atoms with Crippen molar-refractivity contribution < 1.29 is 15.0 Å². The molecule has 1 amide bonds. The first-order valence-corrected chi connectivity index (χ1v) is 27.7. The number of carbonyl (C=O) groups is 1. The van der Waals surface area contributed by atoms with Crippen LogP contribution in [0.15, 0.2) is 72.9 Å². The lowest BCUT2D eigenvalue weighted by Crippen LogP contribution is -2.45. The Balaban J connectivity index is 3.53. The Labute approximate surface area is 393 Å². The zero-order valence-electron chi connectivity index (χ0n) is 42.1. The van der Waals surface area contributed by atoms with E-state index in [1.54, 1.807) is 6.08 Å². The van der Waals surface area contributed by atoms with Crippen molar-refractivity contribution in [2.75, 3.05) is 6.61 Å². The highest BCUT2D eigenvalue weighted by Crippen LogP contribution is 2.17. The highest BCUT2D eigenvalue weighted by atomic mass is 16.3. The fraction of sp³-hybridized carbons (Fsp3) is 0.780. The van der Waals surface area contributed by atoms with Crippen LogP contribution in [0.4, 0.5) is 0 Å². The number of hydrogen-bond donors (Lipinski definition) is 3. The average molecular weight is 879 g/mol. The van der Waals surface area contributed by atoms with E-state index in [4.69, 9.17) is 0 Å². The van der Waals surface area contributed by atoms with E-state index in [-0.39, 0.29) is 12.5 Å². The van der Waals surface area contributed by atoms with Gasteiger partial charge in [-0.1, -0.05) is 279 Å². The van der Waals surface area contributed by atoms with Gasteiger partial charge < -0.3 is 15.5 Å². The van der Waals surface area contributed by atoms with E-state index in [1.807, 2.05) is 6.08 Å². The fourth-order valence-electron chi connectivity index (χ4n) is 8.27. The first kappa shape index (κ1) is 60.8. The van der Waals surface area contributed by atoms with Gasteiger partial charge in [0, 0.05) is 6.42 Å². The molecule has 0 aliphatic heterocycles. The number of allylic oxidation sites excluding steroid dienone is 11. The molecule has 4 nitrogen and oxygen atoms in total. The van der Waals surface area contributed by atoms with Crippen molar-refractivity contribution in [1.82, 2.24) is 5.32 Å². The molecule has 63 heavy (non-hydrogen) atoms. The Morgan fingerprint density at radius 3 is 1.05 bits per heavy atom. The Morgan fingerprint density at radius 2 is 0.698 bits per heavy atom. The van der Waals surface area contributed by atoms with Gasteiger partial charge in [0.05, 0.1) is 18.8 Å². The van der Waals surface area contributed by atoms with Gasteiger partial charge in [-0.3, -0.25) is 4.79 Å². The maximum Gasteiger partial charge on any atom is 0.220 e. The third-order valence-corrected chi connectivity index (χ3v) is 12.4. The number of aliphatic hydroxyl groups excluding tert-OH is 2. The summed E-state index contributed by atoms with van der Waals surface area (Å²) in [6, 6.07) is -0.638. The van der Waals surface area contributed by atoms with Crippen molar-refractivity contribution in [3.8, 4) is 0 Å². The molecule has 0 aliphatic carbocycles. The second-order valence-electron chi connectivity index (χ2n) is 18.6. The maximum absolute atomic E-state index is 12.4. The van der Waals surface area contributed by atoms with Crippen LogP contribution in [-0.2, 0) is 4.79 Å². The van der Waals surface area contributed by atoms with Gasteiger partial charge >= 0.3 is 0 Å². The molecule has 2 unspecified atom stereocenters. The van der Waals surface area contributed by atoms with Crippen LogP contribution >= 0.6 is 0 Å². The third-order valence-electron chi connectivity index (χ3n) is 12.4. The smallest absolute Gasteiger partial charge is 0.220 e. The van der Waals surface area contributed by atoms with Gasteiger partial charge in [0.1, 0.15) is 0 Å². The largest absolute Gasteiger partial charge is 0.394 e. The molecule has 0 bridgehead atoms. The number of aliphatic hydroxyl groups is 2. The van der Waals surface area contributed by atoms with E-state index in [0.717, 1.165) is 70.6 Å². The Morgan fingerprint density at radius 1 is 0.397 bits per heavy atom. The molecular formula is C59H107NO3. The number of rotatable bonds is 50. The summed E-state index contributed by atoms with van der Waals surface area (Å²) in [5, 5.41) is 23.2. The number of carbonyl (C=O) groups excluding carboxylic acids is 1. The van der Waals surface area contributed by atoms with Crippen molar-refractivity contribution in [3.05, 3.63) is 72.9 Å². The number of hydrogen-bond acceptors (Lipinski definition) is 3. The minimum atomic E-state index is -0.853. The van der Waals surface area contributed by atoms with E-state index in [2.05, 4.69) is 79.9 Å². The van der Waals surface area contributed by atoms with Crippen LogP contribution < -0.4 is 5.32 Å². The normalized spacial score (nSPS) is 13.4. The van der Waals surface area contributed by atoms with Crippen molar-refractivity contribution in [2.24, 2.45) is 0 Å². The first-order valence-electron chi connectivity index (χ1n) is 27.7. The van der Waals surface area contributed by atoms with Crippen LogP contribution in [0.5, 0.6) is 0 Å². The molecule has 0 aromatic heterocycles. The summed E-state index contributed by atoms with van der Waals surface area (Å²) in [4.78, 5) is 12.4. The molecule has 4 heteroatoms. The zero-order chi connectivity index (χ0) is 45.6. The van der Waals surface area contributed by atoms with Crippen LogP contribution in [0.3, 0.4) is 0 Å². The van der Waals surface area contributed by atoms with Crippen LogP contribution in [0.2, 0.25) is 0 Å². The first-order chi connectivity index (χ1) is 31.2. The second kappa shape index (κ2) is 54.2. The van der Waals surface area contributed by atoms with Crippen molar-refractivity contribution >= 4 is 5.91 Å². The number of unbranched alkanes of at least 4 members (excludes halogenated alkanes) is 33. The minimum absolute atomic E-state index is 0.0824. The van der Waals surface area contributed by atoms with Crippen LogP contribution in [0.1, 0.15) is 277 Å². The van der Waals surface area contributed by atoms with E-state index in [1.165, 1.54) is 186 Å². The zero-order valence-corrected chi connectivity index (χ0v) is 42.1. The maximum atomic E-state index is 12.4. The molecule has 3 N–H and O–H groups in total. The van der Waals surface area contributed by atoms with E-state index in [0.29, 0.717) is 6.42 Å². The summed E-state index contributed by atoms with van der Waals surface area (Å²) in [6.07, 6.45) is 77.7. The highest BCUT2D eigenvalue weighted by molar-refractivity contribution is 5.76. The standard InChI is InChI=1S/C59H107NO3/c1-3-5-7-9-11-13-15-17-19-21-23-25-26-27-28-29-30-31-32-33-35-36-38-40-42-44-46-48-50-52-54-58(62)57(56-61)60-59(63)55-53-51-49-47-45-43-41-39-37-34-24-22-20-18-16-14-12-10-8-6-4-2/h6,8,12,14,18,20,24,34,39,41,52,54,57-58,61-62H,3-5,7,9-11,13,15-17,19,21-23,25-33,35-38,40,42-51,53,55-56H2,1-2H3,(H,60,63)/b8-6-,14-12-,20-18-,34-24-,41-39-,54-52+. The molecule has 0 saturated heterocycles. The lowest BCUT2D eigenvalue weighted by Gasteiger charge is -2.20. The van der Waals surface area contributed by atoms with Crippen molar-refractivity contribution in [1.29, 1.82) is 0 Å². The summed E-state index contributed by atoms with van der Waals surface area (Å²) < 4.78 is 0. The summed E-state index contributed by atoms with van der Waals surface area (Å²) in [7, 11) is 0. The molecule has 0 rings (SSSR count). The second-order valence-corrected chi connectivity index (χ2v) is 18.6. The third kappa shape index (κ3) is 50.7. The fourth-order valence-corrected chi connectivity index (χ4v) is 8.27. The van der Waals surface area contributed by atoms with Crippen LogP contribution in [0.25, 0.3) is 0 Å². The Bertz CT molecular complexity index is 1090. The highest BCUT2D eigenvalue weighted by Gasteiger charge is 2.18. The Kier molecular flexibility index (Phi) is 52.3. The predicted octanol–water partition coefficient (Wildman–Crippen LogP) is 18.2. The summed E-state index contributed by atoms with van der Waals surface area (Å²) in [5.74, 6) is -0.0824. The van der Waals surface area contributed by atoms with Crippen LogP contribution in [0, 0.1) is 0 Å².